The van der Waals surface area contributed by atoms with Gasteiger partial charge >= 0.3 is 5.97 Å². The SMILES string of the molecule is COC(=O)C(=O)C1C(C(=O)c2ccccc2)C1c1ccc(Cl)cc1. The average Bonchev–Trinajstić information content (AvgIpc) is 3.36. The topological polar surface area (TPSA) is 60.4 Å². The first-order valence-corrected chi connectivity index (χ1v) is 7.89. The number of carbonyl (C=O) groups excluding carboxylic acids is 3. The van der Waals surface area contributed by atoms with E-state index in [4.69, 9.17) is 11.6 Å². The summed E-state index contributed by atoms with van der Waals surface area (Å²) in [6.07, 6.45) is 0. The number of ether oxygens (including phenoxy) is 1. The second kappa shape index (κ2) is 6.57. The lowest BCUT2D eigenvalue weighted by molar-refractivity contribution is -0.152. The predicted molar refractivity (Wildman–Crippen MR) is 89.0 cm³/mol. The lowest BCUT2D eigenvalue weighted by Gasteiger charge is -2.01. The third kappa shape index (κ3) is 2.97. The molecular weight excluding hydrogens is 328 g/mol. The molecule has 0 aliphatic heterocycles. The number of esters is 1. The number of hydrogen-bond donors (Lipinski definition) is 0. The van der Waals surface area contributed by atoms with Crippen LogP contribution in [-0.4, -0.2) is 24.6 Å². The molecule has 0 radical (unpaired) electrons. The van der Waals surface area contributed by atoms with Gasteiger partial charge in [-0.2, -0.15) is 0 Å². The van der Waals surface area contributed by atoms with E-state index in [2.05, 4.69) is 4.74 Å². The zero-order valence-corrected chi connectivity index (χ0v) is 13.7. The fraction of sp³-hybridized carbons (Fsp3) is 0.211. The number of carbonyl (C=O) groups is 3. The minimum atomic E-state index is -0.915. The molecule has 5 heteroatoms. The molecule has 122 valence electrons. The monoisotopic (exact) mass is 342 g/mol. The highest BCUT2D eigenvalue weighted by Gasteiger charge is 2.60. The molecule has 0 aromatic heterocycles. The Bertz CT molecular complexity index is 783. The van der Waals surface area contributed by atoms with Crippen molar-refractivity contribution in [3.05, 3.63) is 70.7 Å². The Morgan fingerprint density at radius 3 is 2.12 bits per heavy atom. The van der Waals surface area contributed by atoms with Gasteiger partial charge in [0.1, 0.15) is 0 Å². The van der Waals surface area contributed by atoms with Crippen LogP contribution in [0.4, 0.5) is 0 Å². The third-order valence-corrected chi connectivity index (χ3v) is 4.58. The van der Waals surface area contributed by atoms with Crippen LogP contribution in [0, 0.1) is 11.8 Å². The Labute approximate surface area is 144 Å². The van der Waals surface area contributed by atoms with E-state index in [-0.39, 0.29) is 11.7 Å². The highest BCUT2D eigenvalue weighted by molar-refractivity contribution is 6.36. The third-order valence-electron chi connectivity index (χ3n) is 4.33. The van der Waals surface area contributed by atoms with E-state index < -0.39 is 23.6 Å². The maximum absolute atomic E-state index is 12.8. The summed E-state index contributed by atoms with van der Waals surface area (Å²) in [6.45, 7) is 0. The first kappa shape index (κ1) is 16.4. The Balaban J connectivity index is 1.92. The minimum Gasteiger partial charge on any atom is -0.463 e. The van der Waals surface area contributed by atoms with Crippen LogP contribution in [0.2, 0.25) is 5.02 Å². The summed E-state index contributed by atoms with van der Waals surface area (Å²) in [7, 11) is 1.16. The molecule has 2 aromatic carbocycles. The van der Waals surface area contributed by atoms with Gasteiger partial charge in [-0.15, -0.1) is 0 Å². The van der Waals surface area contributed by atoms with Gasteiger partial charge < -0.3 is 4.74 Å². The molecule has 0 amide bonds. The van der Waals surface area contributed by atoms with Crippen LogP contribution < -0.4 is 0 Å². The zero-order valence-electron chi connectivity index (χ0n) is 12.9. The van der Waals surface area contributed by atoms with Crippen LogP contribution in [0.3, 0.4) is 0 Å². The maximum atomic E-state index is 12.8. The summed E-state index contributed by atoms with van der Waals surface area (Å²) in [5, 5.41) is 0.571. The number of benzene rings is 2. The van der Waals surface area contributed by atoms with Gasteiger partial charge in [0.15, 0.2) is 5.78 Å². The summed E-state index contributed by atoms with van der Waals surface area (Å²) in [4.78, 5) is 36.7. The summed E-state index contributed by atoms with van der Waals surface area (Å²) in [5.41, 5.74) is 1.34. The molecule has 1 saturated carbocycles. The van der Waals surface area contributed by atoms with Crippen LogP contribution in [0.25, 0.3) is 0 Å². The van der Waals surface area contributed by atoms with Crippen molar-refractivity contribution >= 4 is 29.1 Å². The van der Waals surface area contributed by atoms with Crippen molar-refractivity contribution in [3.63, 3.8) is 0 Å². The first-order valence-electron chi connectivity index (χ1n) is 7.51. The number of hydrogen-bond acceptors (Lipinski definition) is 4. The molecule has 2 aromatic rings. The summed E-state index contributed by atoms with van der Waals surface area (Å²) in [5.74, 6) is -3.29. The molecule has 0 spiro atoms. The smallest absolute Gasteiger partial charge is 0.374 e. The van der Waals surface area contributed by atoms with Gasteiger partial charge in [0.2, 0.25) is 5.78 Å². The molecule has 0 saturated heterocycles. The molecule has 1 fully saturated rings. The number of halogens is 1. The quantitative estimate of drug-likeness (QED) is 0.475. The Kier molecular flexibility index (Phi) is 4.49. The minimum absolute atomic E-state index is 0.141. The van der Waals surface area contributed by atoms with Crippen molar-refractivity contribution < 1.29 is 19.1 Å². The van der Waals surface area contributed by atoms with Gasteiger partial charge in [-0.1, -0.05) is 54.1 Å². The van der Waals surface area contributed by atoms with Crippen molar-refractivity contribution in [2.45, 2.75) is 5.92 Å². The number of Topliss-reactive ketones (excluding diaryl/α,β-unsaturated/α-hetero) is 2. The molecule has 0 N–H and O–H groups in total. The van der Waals surface area contributed by atoms with E-state index in [0.717, 1.165) is 12.7 Å². The second-order valence-corrected chi connectivity index (χ2v) is 6.15. The number of methoxy groups -OCH3 is 1. The number of ketones is 2. The van der Waals surface area contributed by atoms with E-state index in [1.54, 1.807) is 48.5 Å². The molecule has 3 rings (SSSR count). The normalized spacial score (nSPS) is 21.8. The molecule has 0 heterocycles. The maximum Gasteiger partial charge on any atom is 0.374 e. The van der Waals surface area contributed by atoms with Gasteiger partial charge in [-0.25, -0.2) is 4.79 Å². The van der Waals surface area contributed by atoms with E-state index in [0.29, 0.717) is 10.6 Å². The molecule has 1 aliphatic rings. The molecular formula is C19H15ClO4. The van der Waals surface area contributed by atoms with Crippen molar-refractivity contribution in [3.8, 4) is 0 Å². The molecule has 24 heavy (non-hydrogen) atoms. The highest BCUT2D eigenvalue weighted by Crippen LogP contribution is 2.56. The van der Waals surface area contributed by atoms with Crippen molar-refractivity contribution in [2.75, 3.05) is 7.11 Å². The van der Waals surface area contributed by atoms with Crippen LogP contribution in [0.1, 0.15) is 21.8 Å². The summed E-state index contributed by atoms with van der Waals surface area (Å²) < 4.78 is 4.53. The van der Waals surface area contributed by atoms with Crippen LogP contribution in [0.15, 0.2) is 54.6 Å². The molecule has 0 bridgehead atoms. The second-order valence-electron chi connectivity index (χ2n) is 5.72. The van der Waals surface area contributed by atoms with Crippen LogP contribution >= 0.6 is 11.6 Å². The van der Waals surface area contributed by atoms with Crippen LogP contribution in [0.5, 0.6) is 0 Å². The fourth-order valence-electron chi connectivity index (χ4n) is 3.09. The largest absolute Gasteiger partial charge is 0.463 e. The van der Waals surface area contributed by atoms with E-state index in [1.807, 2.05) is 6.07 Å². The van der Waals surface area contributed by atoms with Crippen molar-refractivity contribution in [1.82, 2.24) is 0 Å². The fourth-order valence-corrected chi connectivity index (χ4v) is 3.22. The molecule has 3 atom stereocenters. The Hall–Kier alpha value is -2.46. The van der Waals surface area contributed by atoms with Gasteiger partial charge in [0, 0.05) is 28.3 Å². The van der Waals surface area contributed by atoms with Crippen molar-refractivity contribution in [2.24, 2.45) is 11.8 Å². The number of rotatable bonds is 5. The summed E-state index contributed by atoms with van der Waals surface area (Å²) in [6, 6.07) is 15.7. The highest BCUT2D eigenvalue weighted by atomic mass is 35.5. The lowest BCUT2D eigenvalue weighted by Crippen LogP contribution is -2.20. The van der Waals surface area contributed by atoms with Gasteiger partial charge in [-0.3, -0.25) is 9.59 Å². The average molecular weight is 343 g/mol. The molecule has 1 aliphatic carbocycles. The lowest BCUT2D eigenvalue weighted by atomic mass is 10.0. The Morgan fingerprint density at radius 2 is 1.54 bits per heavy atom. The van der Waals surface area contributed by atoms with Crippen LogP contribution in [-0.2, 0) is 14.3 Å². The summed E-state index contributed by atoms with van der Waals surface area (Å²) >= 11 is 5.90. The zero-order chi connectivity index (χ0) is 17.3. The van der Waals surface area contributed by atoms with Crippen molar-refractivity contribution in [1.29, 1.82) is 0 Å². The van der Waals surface area contributed by atoms with Gasteiger partial charge in [0.25, 0.3) is 0 Å². The van der Waals surface area contributed by atoms with E-state index in [1.165, 1.54) is 0 Å². The van der Waals surface area contributed by atoms with E-state index in [9.17, 15) is 14.4 Å². The van der Waals surface area contributed by atoms with Gasteiger partial charge in [0.05, 0.1) is 7.11 Å². The molecule has 3 unspecified atom stereocenters. The molecule has 4 nitrogen and oxygen atoms in total. The Morgan fingerprint density at radius 1 is 0.917 bits per heavy atom. The predicted octanol–water partition coefficient (Wildman–Crippen LogP) is 3.29. The first-order chi connectivity index (χ1) is 11.5. The standard InChI is InChI=1S/C19H15ClO4/c1-24-19(23)18(22)16-14(11-7-9-13(20)10-8-11)15(16)17(21)12-5-3-2-4-6-12/h2-10,14-16H,1H3. The van der Waals surface area contributed by atoms with Gasteiger partial charge in [-0.05, 0) is 17.7 Å². The van der Waals surface area contributed by atoms with E-state index >= 15 is 0 Å².